The van der Waals surface area contributed by atoms with Crippen LogP contribution in [0, 0.1) is 5.92 Å². The number of nitrogens with zero attached hydrogens (tertiary/aromatic N) is 1. The Balaban J connectivity index is 1.71. The Morgan fingerprint density at radius 3 is 2.91 bits per heavy atom. The molecule has 3 heteroatoms. The molecule has 2 rings (SSSR count). The molecule has 1 amide bonds. The summed E-state index contributed by atoms with van der Waals surface area (Å²) in [6.45, 7) is 1.76. The van der Waals surface area contributed by atoms with E-state index in [-0.39, 0.29) is 5.91 Å². The highest BCUT2D eigenvalue weighted by molar-refractivity contribution is 5.77. The second kappa shape index (κ2) is 2.81. The Morgan fingerprint density at radius 1 is 1.55 bits per heavy atom. The molecule has 1 saturated heterocycles. The highest BCUT2D eigenvalue weighted by Gasteiger charge is 2.25. The SMILES string of the molecule is O=C1CCNN1CCC1CC1. The van der Waals surface area contributed by atoms with E-state index in [0.29, 0.717) is 6.42 Å². The third-order valence-electron chi connectivity index (χ3n) is 2.40. The van der Waals surface area contributed by atoms with Crippen molar-refractivity contribution in [1.82, 2.24) is 10.4 Å². The van der Waals surface area contributed by atoms with Crippen LogP contribution in [0.2, 0.25) is 0 Å². The van der Waals surface area contributed by atoms with Crippen molar-refractivity contribution in [3.63, 3.8) is 0 Å². The summed E-state index contributed by atoms with van der Waals surface area (Å²) in [6.07, 6.45) is 4.63. The van der Waals surface area contributed by atoms with Crippen molar-refractivity contribution in [3.8, 4) is 0 Å². The molecule has 3 nitrogen and oxygen atoms in total. The Hall–Kier alpha value is -0.570. The van der Waals surface area contributed by atoms with E-state index in [0.717, 1.165) is 19.0 Å². The van der Waals surface area contributed by atoms with Crippen LogP contribution in [-0.2, 0) is 4.79 Å². The molecule has 0 unspecified atom stereocenters. The Labute approximate surface area is 66.7 Å². The van der Waals surface area contributed by atoms with Crippen LogP contribution in [0.3, 0.4) is 0 Å². The zero-order valence-electron chi connectivity index (χ0n) is 6.68. The van der Waals surface area contributed by atoms with Gasteiger partial charge in [0.1, 0.15) is 0 Å². The molecule has 1 saturated carbocycles. The molecular weight excluding hydrogens is 140 g/mol. The summed E-state index contributed by atoms with van der Waals surface area (Å²) in [7, 11) is 0. The van der Waals surface area contributed by atoms with Crippen molar-refractivity contribution in [2.75, 3.05) is 13.1 Å². The molecular formula is C8H14N2O. The van der Waals surface area contributed by atoms with Gasteiger partial charge in [-0.2, -0.15) is 0 Å². The molecule has 1 aliphatic carbocycles. The predicted molar refractivity (Wildman–Crippen MR) is 41.7 cm³/mol. The number of amides is 1. The van der Waals surface area contributed by atoms with Gasteiger partial charge in [-0.1, -0.05) is 12.8 Å². The van der Waals surface area contributed by atoms with Crippen molar-refractivity contribution < 1.29 is 4.79 Å². The van der Waals surface area contributed by atoms with Gasteiger partial charge in [-0.15, -0.1) is 0 Å². The van der Waals surface area contributed by atoms with Gasteiger partial charge in [-0.25, -0.2) is 5.43 Å². The summed E-state index contributed by atoms with van der Waals surface area (Å²) in [5, 5.41) is 1.78. The van der Waals surface area contributed by atoms with Crippen LogP contribution in [0.4, 0.5) is 0 Å². The van der Waals surface area contributed by atoms with E-state index >= 15 is 0 Å². The summed E-state index contributed by atoms with van der Waals surface area (Å²) >= 11 is 0. The first-order valence-corrected chi connectivity index (χ1v) is 4.40. The fraction of sp³-hybridized carbons (Fsp3) is 0.875. The zero-order chi connectivity index (χ0) is 7.68. The lowest BCUT2D eigenvalue weighted by Gasteiger charge is -2.14. The summed E-state index contributed by atoms with van der Waals surface area (Å²) in [6, 6.07) is 0. The fourth-order valence-electron chi connectivity index (χ4n) is 1.44. The molecule has 0 aromatic heterocycles. The number of hydrogen-bond donors (Lipinski definition) is 1. The van der Waals surface area contributed by atoms with Crippen LogP contribution in [0.5, 0.6) is 0 Å². The first-order valence-electron chi connectivity index (χ1n) is 4.40. The number of nitrogens with one attached hydrogen (secondary N) is 1. The maximum absolute atomic E-state index is 11.1. The van der Waals surface area contributed by atoms with Gasteiger partial charge < -0.3 is 0 Å². The minimum atomic E-state index is 0.269. The van der Waals surface area contributed by atoms with Gasteiger partial charge in [0.15, 0.2) is 0 Å². The molecule has 62 valence electrons. The number of rotatable bonds is 3. The van der Waals surface area contributed by atoms with Crippen molar-refractivity contribution >= 4 is 5.91 Å². The fourth-order valence-corrected chi connectivity index (χ4v) is 1.44. The van der Waals surface area contributed by atoms with Crippen molar-refractivity contribution in [3.05, 3.63) is 0 Å². The first kappa shape index (κ1) is 7.10. The normalized spacial score (nSPS) is 24.7. The minimum absolute atomic E-state index is 0.269. The number of carbonyl (C=O) groups excluding carboxylic acids is 1. The Kier molecular flexibility index (Phi) is 1.82. The molecule has 11 heavy (non-hydrogen) atoms. The largest absolute Gasteiger partial charge is 0.278 e. The number of hydrazine groups is 1. The van der Waals surface area contributed by atoms with Crippen molar-refractivity contribution in [2.24, 2.45) is 5.92 Å². The van der Waals surface area contributed by atoms with Crippen LogP contribution < -0.4 is 5.43 Å². The average Bonchev–Trinajstić information content (AvgIpc) is 2.73. The van der Waals surface area contributed by atoms with Crippen molar-refractivity contribution in [1.29, 1.82) is 0 Å². The number of carbonyl (C=O) groups is 1. The smallest absolute Gasteiger partial charge is 0.238 e. The van der Waals surface area contributed by atoms with Gasteiger partial charge in [0, 0.05) is 19.5 Å². The number of hydrogen-bond acceptors (Lipinski definition) is 2. The van der Waals surface area contributed by atoms with Gasteiger partial charge in [0.2, 0.25) is 5.91 Å². The van der Waals surface area contributed by atoms with Crippen LogP contribution in [0.15, 0.2) is 0 Å². The highest BCUT2D eigenvalue weighted by atomic mass is 16.2. The van der Waals surface area contributed by atoms with E-state index in [1.807, 2.05) is 0 Å². The van der Waals surface area contributed by atoms with Gasteiger partial charge in [-0.05, 0) is 12.3 Å². The predicted octanol–water partition coefficient (Wildman–Crippen LogP) is 0.523. The quantitative estimate of drug-likeness (QED) is 0.643. The Bertz CT molecular complexity index is 165. The van der Waals surface area contributed by atoms with Crippen LogP contribution in [-0.4, -0.2) is 24.0 Å². The topological polar surface area (TPSA) is 32.3 Å². The van der Waals surface area contributed by atoms with E-state index in [1.54, 1.807) is 5.01 Å². The van der Waals surface area contributed by atoms with Crippen LogP contribution in [0.25, 0.3) is 0 Å². The third-order valence-corrected chi connectivity index (χ3v) is 2.40. The molecule has 0 aromatic rings. The standard InChI is InChI=1S/C8H14N2O/c11-8-3-5-9-10(8)6-4-7-1-2-7/h7,9H,1-6H2. The molecule has 1 aliphatic heterocycles. The summed E-state index contributed by atoms with van der Waals surface area (Å²) in [5.41, 5.74) is 3.07. The van der Waals surface area contributed by atoms with Gasteiger partial charge in [0.25, 0.3) is 0 Å². The van der Waals surface area contributed by atoms with Gasteiger partial charge in [0.05, 0.1) is 0 Å². The maximum Gasteiger partial charge on any atom is 0.238 e. The summed E-state index contributed by atoms with van der Waals surface area (Å²) in [5.74, 6) is 1.19. The molecule has 0 radical (unpaired) electrons. The lowest BCUT2D eigenvalue weighted by molar-refractivity contribution is -0.129. The molecule has 0 aromatic carbocycles. The second-order valence-corrected chi connectivity index (χ2v) is 3.44. The highest BCUT2D eigenvalue weighted by Crippen LogP contribution is 2.32. The zero-order valence-corrected chi connectivity index (χ0v) is 6.68. The van der Waals surface area contributed by atoms with Crippen LogP contribution in [0.1, 0.15) is 25.7 Å². The summed E-state index contributed by atoms with van der Waals surface area (Å²) in [4.78, 5) is 11.1. The maximum atomic E-state index is 11.1. The lowest BCUT2D eigenvalue weighted by Crippen LogP contribution is -2.35. The minimum Gasteiger partial charge on any atom is -0.278 e. The Morgan fingerprint density at radius 2 is 2.36 bits per heavy atom. The molecule has 1 N–H and O–H groups in total. The summed E-state index contributed by atoms with van der Waals surface area (Å²) < 4.78 is 0. The second-order valence-electron chi connectivity index (χ2n) is 3.44. The monoisotopic (exact) mass is 154 g/mol. The third kappa shape index (κ3) is 1.71. The van der Waals surface area contributed by atoms with E-state index in [4.69, 9.17) is 0 Å². The molecule has 1 heterocycles. The first-order chi connectivity index (χ1) is 5.36. The molecule has 0 spiro atoms. The van der Waals surface area contributed by atoms with Gasteiger partial charge >= 0.3 is 0 Å². The van der Waals surface area contributed by atoms with E-state index in [1.165, 1.54) is 19.3 Å². The van der Waals surface area contributed by atoms with E-state index in [9.17, 15) is 4.79 Å². The average molecular weight is 154 g/mol. The van der Waals surface area contributed by atoms with E-state index in [2.05, 4.69) is 5.43 Å². The molecule has 2 aliphatic rings. The lowest BCUT2D eigenvalue weighted by atomic mass is 10.3. The van der Waals surface area contributed by atoms with E-state index < -0.39 is 0 Å². The molecule has 0 bridgehead atoms. The van der Waals surface area contributed by atoms with Crippen LogP contribution >= 0.6 is 0 Å². The van der Waals surface area contributed by atoms with Crippen molar-refractivity contribution in [2.45, 2.75) is 25.7 Å². The van der Waals surface area contributed by atoms with Gasteiger partial charge in [-0.3, -0.25) is 9.80 Å². The molecule has 0 atom stereocenters. The molecule has 2 fully saturated rings.